The molecule has 130 valence electrons. The molecule has 3 rings (SSSR count). The van der Waals surface area contributed by atoms with Crippen LogP contribution in [0, 0.1) is 0 Å². The summed E-state index contributed by atoms with van der Waals surface area (Å²) >= 11 is 0. The van der Waals surface area contributed by atoms with E-state index in [1.54, 1.807) is 23.1 Å². The first-order valence-electron chi connectivity index (χ1n) is 7.87. The molecule has 0 unspecified atom stereocenters. The third-order valence-electron chi connectivity index (χ3n) is 3.74. The number of rotatable bonds is 5. The van der Waals surface area contributed by atoms with E-state index in [0.717, 1.165) is 11.1 Å². The summed E-state index contributed by atoms with van der Waals surface area (Å²) in [5, 5.41) is 14.9. The monoisotopic (exact) mass is 340 g/mol. The van der Waals surface area contributed by atoms with Gasteiger partial charge < -0.3 is 25.1 Å². The number of nitrogens with zero attached hydrogens (tertiary/aromatic N) is 2. The zero-order chi connectivity index (χ0) is 17.8. The van der Waals surface area contributed by atoms with Crippen molar-refractivity contribution in [2.75, 3.05) is 24.3 Å². The highest BCUT2D eigenvalue weighted by Gasteiger charge is 2.09. The molecule has 0 radical (unpaired) electrons. The van der Waals surface area contributed by atoms with Crippen molar-refractivity contribution in [3.05, 3.63) is 53.6 Å². The van der Waals surface area contributed by atoms with Crippen molar-refractivity contribution in [3.63, 3.8) is 0 Å². The molecule has 2 amide bonds. The van der Waals surface area contributed by atoms with Crippen molar-refractivity contribution in [3.8, 4) is 0 Å². The summed E-state index contributed by atoms with van der Waals surface area (Å²) in [6, 6.07) is 12.9. The van der Waals surface area contributed by atoms with Crippen molar-refractivity contribution in [2.24, 2.45) is 0 Å². The molecule has 0 aliphatic carbocycles. The number of aliphatic hydroxyl groups is 1. The van der Waals surface area contributed by atoms with E-state index >= 15 is 0 Å². The molecule has 2 aromatic carbocycles. The summed E-state index contributed by atoms with van der Waals surface area (Å²) in [6.45, 7) is 0.274. The Bertz CT molecular complexity index is 889. The minimum atomic E-state index is -0.330. The van der Waals surface area contributed by atoms with Gasteiger partial charge >= 0.3 is 6.03 Å². The van der Waals surface area contributed by atoms with Gasteiger partial charge in [-0.25, -0.2) is 4.79 Å². The molecule has 0 saturated heterocycles. The van der Waals surface area contributed by atoms with Gasteiger partial charge in [-0.05, 0) is 29.3 Å². The van der Waals surface area contributed by atoms with Crippen LogP contribution in [0.4, 0.5) is 16.5 Å². The number of urea groups is 1. The van der Waals surface area contributed by atoms with Gasteiger partial charge in [0, 0.05) is 26.3 Å². The fourth-order valence-electron chi connectivity index (χ4n) is 2.42. The normalized spacial score (nSPS) is 10.7. The second kappa shape index (κ2) is 7.23. The van der Waals surface area contributed by atoms with Gasteiger partial charge in [-0.3, -0.25) is 0 Å². The first-order chi connectivity index (χ1) is 12.1. The molecule has 3 N–H and O–H groups in total. The average molecular weight is 340 g/mol. The van der Waals surface area contributed by atoms with Crippen LogP contribution in [-0.2, 0) is 13.2 Å². The number of carbonyl (C=O) groups excluding carboxylic acids is 1. The molecule has 0 fully saturated rings. The van der Waals surface area contributed by atoms with Crippen molar-refractivity contribution in [1.29, 1.82) is 0 Å². The largest absolute Gasteiger partial charge is 0.423 e. The zero-order valence-corrected chi connectivity index (χ0v) is 14.1. The highest BCUT2D eigenvalue weighted by Crippen LogP contribution is 2.23. The lowest BCUT2D eigenvalue weighted by atomic mass is 10.1. The number of amides is 2. The molecular formula is C18H20N4O3. The average Bonchev–Trinajstić information content (AvgIpc) is 3.04. The van der Waals surface area contributed by atoms with Gasteiger partial charge in [-0.1, -0.05) is 24.3 Å². The number of anilines is 2. The number of benzene rings is 2. The van der Waals surface area contributed by atoms with E-state index < -0.39 is 0 Å². The van der Waals surface area contributed by atoms with E-state index in [0.29, 0.717) is 29.3 Å². The second-order valence-electron chi connectivity index (χ2n) is 5.81. The lowest BCUT2D eigenvalue weighted by Gasteiger charge is -2.10. The predicted octanol–water partition coefficient (Wildman–Crippen LogP) is 2.71. The molecule has 0 aliphatic heterocycles. The second-order valence-corrected chi connectivity index (χ2v) is 5.81. The number of oxazole rings is 1. The molecule has 0 saturated carbocycles. The minimum Gasteiger partial charge on any atom is -0.423 e. The van der Waals surface area contributed by atoms with Gasteiger partial charge in [0.2, 0.25) is 0 Å². The van der Waals surface area contributed by atoms with Gasteiger partial charge in [0.15, 0.2) is 5.58 Å². The fourth-order valence-corrected chi connectivity index (χ4v) is 2.42. The molecule has 3 aromatic rings. The number of nitrogens with one attached hydrogen (secondary N) is 2. The van der Waals surface area contributed by atoms with Gasteiger partial charge in [-0.2, -0.15) is 4.98 Å². The molecular weight excluding hydrogens is 320 g/mol. The Morgan fingerprint density at radius 3 is 2.68 bits per heavy atom. The molecule has 25 heavy (non-hydrogen) atoms. The minimum absolute atomic E-state index is 0.0590. The first kappa shape index (κ1) is 16.8. The van der Waals surface area contributed by atoms with Crippen molar-refractivity contribution >= 4 is 28.8 Å². The molecule has 1 aromatic heterocycles. The summed E-state index contributed by atoms with van der Waals surface area (Å²) in [7, 11) is 3.70. The van der Waals surface area contributed by atoms with E-state index in [2.05, 4.69) is 15.6 Å². The van der Waals surface area contributed by atoms with Gasteiger partial charge in [0.05, 0.1) is 6.61 Å². The van der Waals surface area contributed by atoms with E-state index in [1.165, 1.54) is 0 Å². The highest BCUT2D eigenvalue weighted by atomic mass is 16.4. The summed E-state index contributed by atoms with van der Waals surface area (Å²) in [5.74, 6) is 0. The van der Waals surface area contributed by atoms with Crippen LogP contribution in [0.25, 0.3) is 11.1 Å². The Balaban J connectivity index is 1.65. The Morgan fingerprint density at radius 2 is 1.96 bits per heavy atom. The topological polar surface area (TPSA) is 90.6 Å². The number of aliphatic hydroxyl groups excluding tert-OH is 1. The Morgan fingerprint density at radius 1 is 1.20 bits per heavy atom. The zero-order valence-electron chi connectivity index (χ0n) is 14.1. The molecule has 0 spiro atoms. The fraction of sp³-hybridized carbons (Fsp3) is 0.222. The Kier molecular flexibility index (Phi) is 4.85. The predicted molar refractivity (Wildman–Crippen MR) is 96.6 cm³/mol. The van der Waals surface area contributed by atoms with E-state index in [-0.39, 0.29) is 12.6 Å². The first-order valence-corrected chi connectivity index (χ1v) is 7.87. The number of hydrogen-bond acceptors (Lipinski definition) is 5. The van der Waals surface area contributed by atoms with Crippen molar-refractivity contribution in [1.82, 2.24) is 10.3 Å². The van der Waals surface area contributed by atoms with Crippen molar-refractivity contribution < 1.29 is 14.3 Å². The van der Waals surface area contributed by atoms with E-state index in [9.17, 15) is 9.90 Å². The van der Waals surface area contributed by atoms with Crippen LogP contribution in [0.5, 0.6) is 0 Å². The highest BCUT2D eigenvalue weighted by molar-refractivity contribution is 5.91. The molecule has 0 aliphatic rings. The van der Waals surface area contributed by atoms with Crippen LogP contribution in [-0.4, -0.2) is 30.2 Å². The number of fused-ring (bicyclic) bond motifs is 1. The maximum absolute atomic E-state index is 12.1. The van der Waals surface area contributed by atoms with Crippen molar-refractivity contribution in [2.45, 2.75) is 13.2 Å². The SMILES string of the molecule is CN(C)c1nc2cc(NC(=O)NCc3ccccc3CO)ccc2o1. The molecule has 7 heteroatoms. The van der Waals surface area contributed by atoms with Crippen LogP contribution in [0.1, 0.15) is 11.1 Å². The summed E-state index contributed by atoms with van der Waals surface area (Å²) in [4.78, 5) is 18.2. The molecule has 1 heterocycles. The Hall–Kier alpha value is -3.06. The van der Waals surface area contributed by atoms with Crippen LogP contribution in [0.15, 0.2) is 46.9 Å². The molecule has 0 bridgehead atoms. The Labute approximate surface area is 145 Å². The van der Waals surface area contributed by atoms with Crippen LogP contribution in [0.2, 0.25) is 0 Å². The summed E-state index contributed by atoms with van der Waals surface area (Å²) < 4.78 is 5.58. The van der Waals surface area contributed by atoms with Crippen LogP contribution >= 0.6 is 0 Å². The summed E-state index contributed by atoms with van der Waals surface area (Å²) in [5.41, 5.74) is 3.63. The van der Waals surface area contributed by atoms with Gasteiger partial charge in [0.25, 0.3) is 6.01 Å². The lowest BCUT2D eigenvalue weighted by Crippen LogP contribution is -2.28. The van der Waals surface area contributed by atoms with Gasteiger partial charge in [0.1, 0.15) is 5.52 Å². The third kappa shape index (κ3) is 3.89. The smallest absolute Gasteiger partial charge is 0.319 e. The van der Waals surface area contributed by atoms with Crippen LogP contribution < -0.4 is 15.5 Å². The van der Waals surface area contributed by atoms with E-state index in [4.69, 9.17) is 4.42 Å². The summed E-state index contributed by atoms with van der Waals surface area (Å²) in [6.07, 6.45) is 0. The van der Waals surface area contributed by atoms with Crippen LogP contribution in [0.3, 0.4) is 0 Å². The maximum atomic E-state index is 12.1. The quantitative estimate of drug-likeness (QED) is 0.664. The van der Waals surface area contributed by atoms with Gasteiger partial charge in [-0.15, -0.1) is 0 Å². The maximum Gasteiger partial charge on any atom is 0.319 e. The molecule has 7 nitrogen and oxygen atoms in total. The lowest BCUT2D eigenvalue weighted by molar-refractivity contribution is 0.251. The third-order valence-corrected chi connectivity index (χ3v) is 3.74. The number of hydrogen-bond donors (Lipinski definition) is 3. The number of carbonyl (C=O) groups is 1. The standard InChI is InChI=1S/C18H20N4O3/c1-22(2)18-21-15-9-14(7-8-16(15)25-18)20-17(24)19-10-12-5-3-4-6-13(12)11-23/h3-9,23H,10-11H2,1-2H3,(H2,19,20,24). The molecule has 0 atom stereocenters. The number of aromatic nitrogens is 1. The van der Waals surface area contributed by atoms with E-state index in [1.807, 2.05) is 38.4 Å².